The van der Waals surface area contributed by atoms with Gasteiger partial charge < -0.3 is 5.32 Å². The van der Waals surface area contributed by atoms with E-state index in [2.05, 4.69) is 22.4 Å². The Morgan fingerprint density at radius 1 is 1.07 bits per heavy atom. The van der Waals surface area contributed by atoms with Gasteiger partial charge in [0.15, 0.2) is 0 Å². The van der Waals surface area contributed by atoms with Crippen LogP contribution in [0.4, 0.5) is 0 Å². The van der Waals surface area contributed by atoms with Crippen molar-refractivity contribution in [2.75, 3.05) is 13.1 Å². The number of nitrogens with one attached hydrogen (secondary N) is 1. The summed E-state index contributed by atoms with van der Waals surface area (Å²) in [5.41, 5.74) is 1.46. The summed E-state index contributed by atoms with van der Waals surface area (Å²) in [4.78, 5) is 4.05. The van der Waals surface area contributed by atoms with E-state index in [0.717, 1.165) is 12.5 Å². The third-order valence-electron chi connectivity index (χ3n) is 2.75. The van der Waals surface area contributed by atoms with Crippen molar-refractivity contribution in [3.05, 3.63) is 30.1 Å². The molecule has 0 radical (unpaired) electrons. The third kappa shape index (κ3) is 4.37. The molecule has 2 nitrogen and oxygen atoms in total. The van der Waals surface area contributed by atoms with E-state index >= 15 is 0 Å². The largest absolute Gasteiger partial charge is 0.317 e. The number of halogens is 2. The molecule has 2 rings (SSSR count). The van der Waals surface area contributed by atoms with Crippen molar-refractivity contribution in [2.45, 2.75) is 25.2 Å². The second-order valence-corrected chi connectivity index (χ2v) is 3.66. The Kier molecular flexibility index (Phi) is 7.75. The van der Waals surface area contributed by atoms with Crippen LogP contribution in [0.3, 0.4) is 0 Å². The topological polar surface area (TPSA) is 24.9 Å². The van der Waals surface area contributed by atoms with E-state index in [1.807, 2.05) is 12.4 Å². The molecule has 0 aromatic carbocycles. The molecule has 1 aromatic heterocycles. The van der Waals surface area contributed by atoms with Crippen LogP contribution in [0.15, 0.2) is 24.5 Å². The fourth-order valence-electron chi connectivity index (χ4n) is 1.99. The normalized spacial score (nSPS) is 20.7. The van der Waals surface area contributed by atoms with Gasteiger partial charge in [0.25, 0.3) is 0 Å². The number of nitrogens with zero attached hydrogens (tertiary/aromatic N) is 1. The summed E-state index contributed by atoms with van der Waals surface area (Å²) in [5, 5.41) is 3.43. The SMILES string of the molecule is Cl.Cl.c1cc(C2CCCNCC2)ccn1. The lowest BCUT2D eigenvalue weighted by Crippen LogP contribution is -2.13. The molecule has 1 N–H and O–H groups in total. The van der Waals surface area contributed by atoms with E-state index < -0.39 is 0 Å². The minimum absolute atomic E-state index is 0. The molecule has 1 saturated heterocycles. The number of pyridine rings is 1. The van der Waals surface area contributed by atoms with Gasteiger partial charge in [-0.3, -0.25) is 4.98 Å². The van der Waals surface area contributed by atoms with Crippen LogP contribution < -0.4 is 5.32 Å². The quantitative estimate of drug-likeness (QED) is 0.827. The first-order valence-corrected chi connectivity index (χ1v) is 5.07. The second-order valence-electron chi connectivity index (χ2n) is 3.66. The molecular formula is C11H18Cl2N2. The second kappa shape index (κ2) is 7.91. The Bertz CT molecular complexity index is 246. The number of aromatic nitrogens is 1. The molecule has 1 atom stereocenters. The van der Waals surface area contributed by atoms with Crippen LogP contribution in [0.1, 0.15) is 30.7 Å². The Balaban J connectivity index is 0.000000980. The Morgan fingerprint density at radius 3 is 2.53 bits per heavy atom. The average molecular weight is 249 g/mol. The Morgan fingerprint density at radius 2 is 1.80 bits per heavy atom. The van der Waals surface area contributed by atoms with E-state index in [0.29, 0.717) is 0 Å². The molecule has 2 heterocycles. The summed E-state index contributed by atoms with van der Waals surface area (Å²) in [6.07, 6.45) is 7.68. The minimum atomic E-state index is 0. The minimum Gasteiger partial charge on any atom is -0.317 e. The summed E-state index contributed by atoms with van der Waals surface area (Å²) in [5.74, 6) is 0.748. The highest BCUT2D eigenvalue weighted by Gasteiger charge is 2.12. The van der Waals surface area contributed by atoms with Gasteiger partial charge in [0.05, 0.1) is 0 Å². The number of hydrogen-bond donors (Lipinski definition) is 1. The Hall–Kier alpha value is -0.310. The monoisotopic (exact) mass is 248 g/mol. The first-order chi connectivity index (χ1) is 6.47. The van der Waals surface area contributed by atoms with Gasteiger partial charge in [-0.05, 0) is 56.0 Å². The summed E-state index contributed by atoms with van der Waals surface area (Å²) >= 11 is 0. The number of hydrogen-bond acceptors (Lipinski definition) is 2. The Labute approximate surface area is 104 Å². The van der Waals surface area contributed by atoms with Crippen molar-refractivity contribution in [3.8, 4) is 0 Å². The molecule has 1 aromatic rings. The maximum atomic E-state index is 4.05. The molecular weight excluding hydrogens is 231 g/mol. The third-order valence-corrected chi connectivity index (χ3v) is 2.75. The smallest absolute Gasteiger partial charge is 0.0270 e. The standard InChI is InChI=1S/C11H16N2.2ClH/c1-2-10(3-7-12-6-1)11-4-8-13-9-5-11;;/h4-5,8-10,12H,1-3,6-7H2;2*1H. The molecule has 1 unspecified atom stereocenters. The molecule has 86 valence electrons. The maximum absolute atomic E-state index is 4.05. The van der Waals surface area contributed by atoms with Crippen molar-refractivity contribution in [1.29, 1.82) is 0 Å². The van der Waals surface area contributed by atoms with Gasteiger partial charge in [-0.2, -0.15) is 0 Å². The van der Waals surface area contributed by atoms with Crippen molar-refractivity contribution in [1.82, 2.24) is 10.3 Å². The van der Waals surface area contributed by atoms with Crippen LogP contribution in [0.2, 0.25) is 0 Å². The molecule has 0 amide bonds. The van der Waals surface area contributed by atoms with Crippen LogP contribution in [0.5, 0.6) is 0 Å². The summed E-state index contributed by atoms with van der Waals surface area (Å²) in [7, 11) is 0. The number of rotatable bonds is 1. The molecule has 0 bridgehead atoms. The van der Waals surface area contributed by atoms with Crippen LogP contribution in [0.25, 0.3) is 0 Å². The highest BCUT2D eigenvalue weighted by Crippen LogP contribution is 2.24. The van der Waals surface area contributed by atoms with Crippen LogP contribution in [-0.2, 0) is 0 Å². The molecule has 1 fully saturated rings. The van der Waals surface area contributed by atoms with Crippen molar-refractivity contribution < 1.29 is 0 Å². The highest BCUT2D eigenvalue weighted by atomic mass is 35.5. The fourth-order valence-corrected chi connectivity index (χ4v) is 1.99. The fraction of sp³-hybridized carbons (Fsp3) is 0.545. The molecule has 15 heavy (non-hydrogen) atoms. The van der Waals surface area contributed by atoms with Crippen LogP contribution >= 0.6 is 24.8 Å². The van der Waals surface area contributed by atoms with Gasteiger partial charge >= 0.3 is 0 Å². The van der Waals surface area contributed by atoms with E-state index in [9.17, 15) is 0 Å². The lowest BCUT2D eigenvalue weighted by Gasteiger charge is -2.12. The lowest BCUT2D eigenvalue weighted by atomic mass is 9.93. The average Bonchev–Trinajstić information content (AvgIpc) is 2.47. The van der Waals surface area contributed by atoms with E-state index in [1.165, 1.54) is 31.4 Å². The van der Waals surface area contributed by atoms with E-state index in [4.69, 9.17) is 0 Å². The molecule has 1 aliphatic heterocycles. The van der Waals surface area contributed by atoms with Gasteiger partial charge in [0.1, 0.15) is 0 Å². The van der Waals surface area contributed by atoms with Gasteiger partial charge in [-0.1, -0.05) is 0 Å². The first kappa shape index (κ1) is 14.7. The summed E-state index contributed by atoms with van der Waals surface area (Å²) < 4.78 is 0. The predicted molar refractivity (Wildman–Crippen MR) is 68.2 cm³/mol. The first-order valence-electron chi connectivity index (χ1n) is 5.07. The molecule has 4 heteroatoms. The maximum Gasteiger partial charge on any atom is 0.0270 e. The summed E-state index contributed by atoms with van der Waals surface area (Å²) in [6, 6.07) is 4.30. The molecule has 0 spiro atoms. The highest BCUT2D eigenvalue weighted by molar-refractivity contribution is 5.85. The van der Waals surface area contributed by atoms with Gasteiger partial charge in [-0.15, -0.1) is 24.8 Å². The van der Waals surface area contributed by atoms with Crippen molar-refractivity contribution in [3.63, 3.8) is 0 Å². The predicted octanol–water partition coefficient (Wildman–Crippen LogP) is 2.78. The van der Waals surface area contributed by atoms with Crippen LogP contribution in [-0.4, -0.2) is 18.1 Å². The van der Waals surface area contributed by atoms with Crippen molar-refractivity contribution >= 4 is 24.8 Å². The molecule has 1 aliphatic rings. The van der Waals surface area contributed by atoms with E-state index in [1.54, 1.807) is 0 Å². The molecule has 0 aliphatic carbocycles. The van der Waals surface area contributed by atoms with Crippen LogP contribution in [0, 0.1) is 0 Å². The zero-order valence-corrected chi connectivity index (χ0v) is 10.3. The van der Waals surface area contributed by atoms with Gasteiger partial charge in [0, 0.05) is 12.4 Å². The zero-order chi connectivity index (χ0) is 8.93. The summed E-state index contributed by atoms with van der Waals surface area (Å²) in [6.45, 7) is 2.34. The van der Waals surface area contributed by atoms with E-state index in [-0.39, 0.29) is 24.8 Å². The van der Waals surface area contributed by atoms with Gasteiger partial charge in [-0.25, -0.2) is 0 Å². The lowest BCUT2D eigenvalue weighted by molar-refractivity contribution is 0.609. The molecule has 0 saturated carbocycles. The van der Waals surface area contributed by atoms with Gasteiger partial charge in [0.2, 0.25) is 0 Å². The van der Waals surface area contributed by atoms with Crippen molar-refractivity contribution in [2.24, 2.45) is 0 Å². The zero-order valence-electron chi connectivity index (χ0n) is 8.69.